The Morgan fingerprint density at radius 3 is 2.04 bits per heavy atom. The van der Waals surface area contributed by atoms with E-state index in [0.29, 0.717) is 0 Å². The Hall–Kier alpha value is -2.68. The Kier molecular flexibility index (Phi) is 4.73. The molecule has 3 nitrogen and oxygen atoms in total. The second-order valence-corrected chi connectivity index (χ2v) is 7.93. The van der Waals surface area contributed by atoms with Gasteiger partial charge in [0.2, 0.25) is 0 Å². The van der Waals surface area contributed by atoms with Gasteiger partial charge in [0.1, 0.15) is 0 Å². The first-order chi connectivity index (χ1) is 12.4. The molecular weight excluding hydrogens is 373 g/mol. The molecule has 0 aromatic heterocycles. The molecule has 0 saturated heterocycles. The third kappa shape index (κ3) is 3.71. The van der Waals surface area contributed by atoms with Crippen molar-refractivity contribution >= 4 is 31.1 Å². The van der Waals surface area contributed by atoms with Crippen LogP contribution in [0, 0.1) is 0 Å². The van der Waals surface area contributed by atoms with Crippen molar-refractivity contribution in [3.63, 3.8) is 0 Å². The van der Waals surface area contributed by atoms with Gasteiger partial charge >= 0.3 is 154 Å². The topological polar surface area (TPSA) is 36.8 Å². The van der Waals surface area contributed by atoms with Gasteiger partial charge in [-0.2, -0.15) is 0 Å². The van der Waals surface area contributed by atoms with Crippen LogP contribution in [-0.4, -0.2) is 25.4 Å². The van der Waals surface area contributed by atoms with Crippen LogP contribution < -0.4 is 5.43 Å². The standard InChI is InChI=1S/C21H17N3Se/c1-4-10-16(11-5-1)19-20(17-12-6-2-7-13-17)25-21(24-23-19)22-18-14-8-3-9-15-18/h1-15,20H,(H,22,24). The van der Waals surface area contributed by atoms with Crippen LogP contribution in [0.3, 0.4) is 0 Å². The molecule has 1 atom stereocenters. The molecule has 25 heavy (non-hydrogen) atoms. The van der Waals surface area contributed by atoms with Gasteiger partial charge in [0.15, 0.2) is 0 Å². The second kappa shape index (κ2) is 7.47. The van der Waals surface area contributed by atoms with Gasteiger partial charge in [-0.25, -0.2) is 0 Å². The first-order valence-electron chi connectivity index (χ1n) is 8.14. The van der Waals surface area contributed by atoms with Crippen molar-refractivity contribution in [2.75, 3.05) is 0 Å². The van der Waals surface area contributed by atoms with Crippen molar-refractivity contribution in [1.29, 1.82) is 0 Å². The van der Waals surface area contributed by atoms with Gasteiger partial charge in [-0.1, -0.05) is 0 Å². The monoisotopic (exact) mass is 391 g/mol. The van der Waals surface area contributed by atoms with Crippen LogP contribution >= 0.6 is 0 Å². The zero-order chi connectivity index (χ0) is 16.9. The van der Waals surface area contributed by atoms with Crippen LogP contribution in [0.1, 0.15) is 15.9 Å². The van der Waals surface area contributed by atoms with Gasteiger partial charge in [0.25, 0.3) is 0 Å². The van der Waals surface area contributed by atoms with Crippen LogP contribution in [0.5, 0.6) is 0 Å². The first kappa shape index (κ1) is 15.8. The molecule has 1 heterocycles. The number of hydrogen-bond donors (Lipinski definition) is 1. The summed E-state index contributed by atoms with van der Waals surface area (Å²) in [5.41, 5.74) is 7.66. The van der Waals surface area contributed by atoms with E-state index in [4.69, 9.17) is 4.99 Å². The molecule has 122 valence electrons. The van der Waals surface area contributed by atoms with E-state index in [9.17, 15) is 0 Å². The molecule has 0 radical (unpaired) electrons. The summed E-state index contributed by atoms with van der Waals surface area (Å²) in [5.74, 6) is 0. The molecule has 0 spiro atoms. The summed E-state index contributed by atoms with van der Waals surface area (Å²) in [6, 6.07) is 31.0. The molecule has 0 bridgehead atoms. The number of hydrazone groups is 1. The summed E-state index contributed by atoms with van der Waals surface area (Å²) < 4.78 is 0.951. The molecule has 4 rings (SSSR count). The number of para-hydroxylation sites is 1. The Morgan fingerprint density at radius 2 is 1.36 bits per heavy atom. The molecule has 1 unspecified atom stereocenters. The van der Waals surface area contributed by atoms with E-state index in [0.717, 1.165) is 21.7 Å². The van der Waals surface area contributed by atoms with Gasteiger partial charge in [0, 0.05) is 0 Å². The molecule has 0 aliphatic carbocycles. The summed E-state index contributed by atoms with van der Waals surface area (Å²) in [4.78, 5) is 5.00. The van der Waals surface area contributed by atoms with Crippen molar-refractivity contribution < 1.29 is 0 Å². The van der Waals surface area contributed by atoms with E-state index in [2.05, 4.69) is 65.1 Å². The Bertz CT molecular complexity index is 890. The molecular formula is C21H17N3Se. The van der Waals surface area contributed by atoms with Crippen LogP contribution in [-0.2, 0) is 0 Å². The minimum absolute atomic E-state index is 0.129. The van der Waals surface area contributed by atoms with Gasteiger partial charge in [-0.15, -0.1) is 0 Å². The molecule has 1 aliphatic rings. The number of nitrogens with one attached hydrogen (secondary N) is 1. The number of rotatable bonds is 3. The third-order valence-corrected chi connectivity index (χ3v) is 6.29. The third-order valence-electron chi connectivity index (χ3n) is 3.91. The summed E-state index contributed by atoms with van der Waals surface area (Å²) in [6.07, 6.45) is 0. The van der Waals surface area contributed by atoms with Crippen molar-refractivity contribution in [1.82, 2.24) is 5.43 Å². The number of amidine groups is 1. The predicted molar refractivity (Wildman–Crippen MR) is 105 cm³/mol. The zero-order valence-corrected chi connectivity index (χ0v) is 15.3. The molecule has 3 aromatic carbocycles. The number of hydrogen-bond acceptors (Lipinski definition) is 2. The van der Waals surface area contributed by atoms with Crippen molar-refractivity contribution in [3.8, 4) is 0 Å². The fraction of sp³-hybridized carbons (Fsp3) is 0.0476. The van der Waals surface area contributed by atoms with E-state index in [1.807, 2.05) is 36.4 Å². The molecule has 4 heteroatoms. The maximum absolute atomic E-state index is 4.75. The van der Waals surface area contributed by atoms with Crippen LogP contribution in [0.4, 0.5) is 5.69 Å². The summed E-state index contributed by atoms with van der Waals surface area (Å²) >= 11 is 0.129. The summed E-state index contributed by atoms with van der Waals surface area (Å²) in [6.45, 7) is 0. The quantitative estimate of drug-likeness (QED) is 0.671. The summed E-state index contributed by atoms with van der Waals surface area (Å²) in [7, 11) is 0. The van der Waals surface area contributed by atoms with Crippen molar-refractivity contribution in [2.45, 2.75) is 4.82 Å². The van der Waals surface area contributed by atoms with Crippen molar-refractivity contribution in [3.05, 3.63) is 102 Å². The van der Waals surface area contributed by atoms with E-state index in [1.165, 1.54) is 5.56 Å². The molecule has 0 amide bonds. The Balaban J connectivity index is 1.72. The number of benzene rings is 3. The average Bonchev–Trinajstić information content (AvgIpc) is 2.70. The fourth-order valence-electron chi connectivity index (χ4n) is 2.71. The van der Waals surface area contributed by atoms with E-state index < -0.39 is 0 Å². The van der Waals surface area contributed by atoms with E-state index in [1.54, 1.807) is 0 Å². The second-order valence-electron chi connectivity index (χ2n) is 5.64. The van der Waals surface area contributed by atoms with Gasteiger partial charge in [0.05, 0.1) is 0 Å². The van der Waals surface area contributed by atoms with E-state index >= 15 is 0 Å². The Morgan fingerprint density at radius 1 is 0.760 bits per heavy atom. The zero-order valence-electron chi connectivity index (χ0n) is 13.5. The normalized spacial score (nSPS) is 18.5. The number of nitrogens with zero attached hydrogens (tertiary/aromatic N) is 2. The van der Waals surface area contributed by atoms with E-state index in [-0.39, 0.29) is 19.8 Å². The molecule has 1 N–H and O–H groups in total. The van der Waals surface area contributed by atoms with Gasteiger partial charge in [-0.3, -0.25) is 0 Å². The van der Waals surface area contributed by atoms with Crippen LogP contribution in [0.2, 0.25) is 0 Å². The van der Waals surface area contributed by atoms with Gasteiger partial charge < -0.3 is 0 Å². The van der Waals surface area contributed by atoms with Crippen molar-refractivity contribution in [2.24, 2.45) is 10.1 Å². The SMILES string of the molecule is c1ccc(N=C2NN=C(c3ccccc3)C(c3ccccc3)[Se]2)cc1. The molecule has 3 aromatic rings. The predicted octanol–water partition coefficient (Wildman–Crippen LogP) is 4.13. The molecule has 0 fully saturated rings. The van der Waals surface area contributed by atoms with Gasteiger partial charge in [-0.05, 0) is 0 Å². The average molecular weight is 390 g/mol. The molecule has 0 saturated carbocycles. The van der Waals surface area contributed by atoms with Crippen LogP contribution in [0.15, 0.2) is 101 Å². The Labute approximate surface area is 153 Å². The number of aliphatic imine (C=N–C) groups is 1. The first-order valence-corrected chi connectivity index (χ1v) is 9.99. The van der Waals surface area contributed by atoms with Crippen LogP contribution in [0.25, 0.3) is 0 Å². The fourth-order valence-corrected chi connectivity index (χ4v) is 4.96. The minimum atomic E-state index is 0.129. The summed E-state index contributed by atoms with van der Waals surface area (Å²) in [5, 5.41) is 4.69. The molecule has 1 aliphatic heterocycles. The maximum atomic E-state index is 4.75.